The molecule has 2 N–H and O–H groups in total. The minimum Gasteiger partial charge on any atom is -0.396 e. The molecule has 148 valence electrons. The zero-order valence-electron chi connectivity index (χ0n) is 16.0. The van der Waals surface area contributed by atoms with Gasteiger partial charge in [0.2, 0.25) is 11.8 Å². The van der Waals surface area contributed by atoms with Crippen LogP contribution in [0.15, 0.2) is 54.6 Å². The highest BCUT2D eigenvalue weighted by Crippen LogP contribution is 2.42. The van der Waals surface area contributed by atoms with Crippen molar-refractivity contribution < 1.29 is 14.7 Å². The largest absolute Gasteiger partial charge is 0.396 e. The highest BCUT2D eigenvalue weighted by Gasteiger charge is 2.47. The number of fused-ring (bicyclic) bond motifs is 4. The molecule has 3 heterocycles. The number of nitrogens with one attached hydrogen (secondary N) is 1. The van der Waals surface area contributed by atoms with Gasteiger partial charge in [-0.15, -0.1) is 0 Å². The van der Waals surface area contributed by atoms with Crippen LogP contribution in [0.4, 0.5) is 0 Å². The first-order valence-electron chi connectivity index (χ1n) is 10.0. The van der Waals surface area contributed by atoms with Crippen molar-refractivity contribution in [3.8, 4) is 0 Å². The van der Waals surface area contributed by atoms with Crippen molar-refractivity contribution in [2.24, 2.45) is 0 Å². The van der Waals surface area contributed by atoms with Crippen LogP contribution >= 0.6 is 0 Å². The Morgan fingerprint density at radius 1 is 1.03 bits per heavy atom. The summed E-state index contributed by atoms with van der Waals surface area (Å²) in [5.74, 6) is -0.0828. The number of aliphatic hydroxyl groups excluding tert-OH is 1. The van der Waals surface area contributed by atoms with E-state index < -0.39 is 6.04 Å². The summed E-state index contributed by atoms with van der Waals surface area (Å²) in [4.78, 5) is 33.4. The number of aromatic nitrogens is 1. The SMILES string of the molecule is O=C1[C@@H]2Cc3c([nH]c4ccccc34)[C@@H](c3ccccc3)N2C(=O)CN1CCCO. The molecule has 1 fully saturated rings. The fourth-order valence-electron chi connectivity index (χ4n) is 4.76. The molecule has 6 nitrogen and oxygen atoms in total. The average Bonchev–Trinajstić information content (AvgIpc) is 3.13. The Morgan fingerprint density at radius 2 is 1.79 bits per heavy atom. The summed E-state index contributed by atoms with van der Waals surface area (Å²) in [6.45, 7) is 0.474. The molecule has 6 heteroatoms. The number of piperazine rings is 1. The number of rotatable bonds is 4. The van der Waals surface area contributed by atoms with Crippen molar-refractivity contribution in [1.82, 2.24) is 14.8 Å². The number of aromatic amines is 1. The second kappa shape index (κ2) is 7.04. The lowest BCUT2D eigenvalue weighted by Crippen LogP contribution is -2.63. The molecule has 2 aliphatic rings. The van der Waals surface area contributed by atoms with Gasteiger partial charge in [0.1, 0.15) is 6.04 Å². The van der Waals surface area contributed by atoms with Crippen molar-refractivity contribution in [1.29, 1.82) is 0 Å². The van der Waals surface area contributed by atoms with E-state index >= 15 is 0 Å². The summed E-state index contributed by atoms with van der Waals surface area (Å²) in [6.07, 6.45) is 0.981. The van der Waals surface area contributed by atoms with Crippen LogP contribution < -0.4 is 0 Å². The lowest BCUT2D eigenvalue weighted by Gasteiger charge is -2.47. The molecule has 1 saturated heterocycles. The molecule has 0 aliphatic carbocycles. The van der Waals surface area contributed by atoms with Gasteiger partial charge in [-0.05, 0) is 23.6 Å². The van der Waals surface area contributed by atoms with Crippen LogP contribution in [0.25, 0.3) is 10.9 Å². The van der Waals surface area contributed by atoms with Gasteiger partial charge in [0.25, 0.3) is 0 Å². The molecule has 5 rings (SSSR count). The third kappa shape index (κ3) is 2.83. The first kappa shape index (κ1) is 17.9. The van der Waals surface area contributed by atoms with Gasteiger partial charge >= 0.3 is 0 Å². The third-order valence-electron chi connectivity index (χ3n) is 6.04. The molecule has 1 aromatic heterocycles. The molecule has 2 atom stereocenters. The number of hydrogen-bond donors (Lipinski definition) is 2. The first-order chi connectivity index (χ1) is 14.2. The molecule has 0 radical (unpaired) electrons. The standard InChI is InChI=1S/C23H23N3O3/c27-12-6-11-25-14-20(28)26-19(23(25)29)13-17-16-9-4-5-10-18(16)24-21(17)22(26)15-7-2-1-3-8-15/h1-5,7-10,19,22,24,27H,6,11-14H2/t19-,22+/m0/s1. The number of aliphatic hydroxyl groups is 1. The molecule has 2 aromatic carbocycles. The molecular formula is C23H23N3O3. The topological polar surface area (TPSA) is 76.6 Å². The number of H-pyrrole nitrogens is 1. The smallest absolute Gasteiger partial charge is 0.246 e. The van der Waals surface area contributed by atoms with Gasteiger partial charge in [0.05, 0.1) is 12.6 Å². The zero-order chi connectivity index (χ0) is 20.0. The molecular weight excluding hydrogens is 366 g/mol. The van der Waals surface area contributed by atoms with Gasteiger partial charge in [-0.2, -0.15) is 0 Å². The van der Waals surface area contributed by atoms with Crippen molar-refractivity contribution in [3.63, 3.8) is 0 Å². The maximum atomic E-state index is 13.3. The van der Waals surface area contributed by atoms with Crippen LogP contribution in [-0.4, -0.2) is 57.4 Å². The number of nitrogens with zero attached hydrogens (tertiary/aromatic N) is 2. The summed E-state index contributed by atoms with van der Waals surface area (Å²) in [5.41, 5.74) is 4.13. The minimum atomic E-state index is -0.521. The van der Waals surface area contributed by atoms with Gasteiger partial charge in [-0.25, -0.2) is 0 Å². The molecule has 29 heavy (non-hydrogen) atoms. The van der Waals surface area contributed by atoms with E-state index in [9.17, 15) is 9.59 Å². The number of para-hydroxylation sites is 1. The van der Waals surface area contributed by atoms with Crippen LogP contribution in [0, 0.1) is 0 Å². The Labute approximate surface area is 168 Å². The zero-order valence-corrected chi connectivity index (χ0v) is 16.0. The second-order valence-corrected chi connectivity index (χ2v) is 7.73. The summed E-state index contributed by atoms with van der Waals surface area (Å²) >= 11 is 0. The van der Waals surface area contributed by atoms with Crippen molar-refractivity contribution in [3.05, 3.63) is 71.4 Å². The van der Waals surface area contributed by atoms with Gasteiger partial charge in [-0.1, -0.05) is 48.5 Å². The Balaban J connectivity index is 1.66. The van der Waals surface area contributed by atoms with E-state index in [-0.39, 0.29) is 31.0 Å². The lowest BCUT2D eigenvalue weighted by molar-refractivity contribution is -0.158. The fourth-order valence-corrected chi connectivity index (χ4v) is 4.76. The van der Waals surface area contributed by atoms with E-state index in [1.165, 1.54) is 0 Å². The predicted octanol–water partition coefficient (Wildman–Crippen LogP) is 2.24. The van der Waals surface area contributed by atoms with E-state index in [0.29, 0.717) is 19.4 Å². The summed E-state index contributed by atoms with van der Waals surface area (Å²) in [7, 11) is 0. The molecule has 0 spiro atoms. The van der Waals surface area contributed by atoms with Gasteiger partial charge < -0.3 is 19.9 Å². The summed E-state index contributed by atoms with van der Waals surface area (Å²) in [5, 5.41) is 10.3. The van der Waals surface area contributed by atoms with Crippen LogP contribution in [-0.2, 0) is 16.0 Å². The highest BCUT2D eigenvalue weighted by atomic mass is 16.3. The number of carbonyl (C=O) groups excluding carboxylic acids is 2. The molecule has 0 unspecified atom stereocenters. The second-order valence-electron chi connectivity index (χ2n) is 7.73. The lowest BCUT2D eigenvalue weighted by atomic mass is 9.86. The maximum absolute atomic E-state index is 13.3. The van der Waals surface area contributed by atoms with Crippen molar-refractivity contribution >= 4 is 22.7 Å². The quantitative estimate of drug-likeness (QED) is 0.719. The fraction of sp³-hybridized carbons (Fsp3) is 0.304. The van der Waals surface area contributed by atoms with Crippen molar-refractivity contribution in [2.75, 3.05) is 19.7 Å². The monoisotopic (exact) mass is 389 g/mol. The molecule has 0 bridgehead atoms. The maximum Gasteiger partial charge on any atom is 0.246 e. The number of carbonyl (C=O) groups is 2. The average molecular weight is 389 g/mol. The third-order valence-corrected chi connectivity index (χ3v) is 6.04. The van der Waals surface area contributed by atoms with E-state index in [4.69, 9.17) is 5.11 Å². The summed E-state index contributed by atoms with van der Waals surface area (Å²) in [6, 6.07) is 17.2. The Kier molecular flexibility index (Phi) is 4.36. The van der Waals surface area contributed by atoms with Gasteiger partial charge in [-0.3, -0.25) is 9.59 Å². The normalized spacial score (nSPS) is 21.4. The van der Waals surface area contributed by atoms with Crippen LogP contribution in [0.1, 0.15) is 29.3 Å². The van der Waals surface area contributed by atoms with Crippen LogP contribution in [0.3, 0.4) is 0 Å². The Morgan fingerprint density at radius 3 is 2.59 bits per heavy atom. The van der Waals surface area contributed by atoms with Crippen LogP contribution in [0.2, 0.25) is 0 Å². The molecule has 2 amide bonds. The highest BCUT2D eigenvalue weighted by molar-refractivity contribution is 5.97. The van der Waals surface area contributed by atoms with E-state index in [1.807, 2.05) is 48.5 Å². The number of benzene rings is 2. The van der Waals surface area contributed by atoms with E-state index in [2.05, 4.69) is 11.1 Å². The molecule has 2 aliphatic heterocycles. The van der Waals surface area contributed by atoms with Crippen LogP contribution in [0.5, 0.6) is 0 Å². The van der Waals surface area contributed by atoms with Crippen molar-refractivity contribution in [2.45, 2.75) is 24.9 Å². The summed E-state index contributed by atoms with van der Waals surface area (Å²) < 4.78 is 0. The van der Waals surface area contributed by atoms with Gasteiger partial charge in [0.15, 0.2) is 0 Å². The first-order valence-corrected chi connectivity index (χ1v) is 10.0. The van der Waals surface area contributed by atoms with E-state index in [1.54, 1.807) is 9.80 Å². The number of hydrogen-bond acceptors (Lipinski definition) is 3. The predicted molar refractivity (Wildman–Crippen MR) is 109 cm³/mol. The Hall–Kier alpha value is -3.12. The molecule has 0 saturated carbocycles. The minimum absolute atomic E-state index is 0.00554. The van der Waals surface area contributed by atoms with Gasteiger partial charge in [0, 0.05) is 36.2 Å². The van der Waals surface area contributed by atoms with E-state index in [0.717, 1.165) is 27.7 Å². The Bertz CT molecular complexity index is 1080. The molecule has 3 aromatic rings. The number of amides is 2.